The van der Waals surface area contributed by atoms with Crippen molar-refractivity contribution in [2.75, 3.05) is 35.0 Å². The Hall–Kier alpha value is -3.95. The molecule has 10 unspecified atom stereocenters. The molecule has 2 aliphatic heterocycles. The molecule has 264 valence electrons. The van der Waals surface area contributed by atoms with Gasteiger partial charge in [-0.2, -0.15) is 0 Å². The molecule has 0 spiro atoms. The lowest BCUT2D eigenvalue weighted by molar-refractivity contribution is -0.370. The summed E-state index contributed by atoms with van der Waals surface area (Å²) in [6.45, 7) is -0.749. The third-order valence-corrected chi connectivity index (χ3v) is 7.98. The monoisotopic (exact) mass is 684 g/mol. The smallest absolute Gasteiger partial charge is 0.239 e. The zero-order valence-corrected chi connectivity index (χ0v) is 26.0. The highest BCUT2D eigenvalue weighted by Crippen LogP contribution is 2.50. The minimum Gasteiger partial charge on any atom is -0.501 e. The first-order valence-corrected chi connectivity index (χ1v) is 14.4. The number of rotatable bonds is 10. The van der Waals surface area contributed by atoms with Gasteiger partial charge in [-0.25, -0.2) is 0 Å². The summed E-state index contributed by atoms with van der Waals surface area (Å²) in [4.78, 5) is 13.6. The Kier molecular flexibility index (Phi) is 10.5. The minimum atomic E-state index is -1.95. The number of aliphatic hydroxyl groups excluding tert-OH is 7. The molecule has 0 aliphatic carbocycles. The summed E-state index contributed by atoms with van der Waals surface area (Å²) in [5.74, 6) is -1.17. The Labute approximate surface area is 271 Å². The topological polar surface area (TPSA) is 266 Å². The lowest BCUT2D eigenvalue weighted by Crippen LogP contribution is -2.64. The van der Waals surface area contributed by atoms with E-state index in [2.05, 4.69) is 0 Å². The van der Waals surface area contributed by atoms with Crippen LogP contribution >= 0.6 is 0 Å². The Morgan fingerprint density at radius 2 is 1.33 bits per heavy atom. The van der Waals surface area contributed by atoms with E-state index in [-0.39, 0.29) is 45.5 Å². The van der Waals surface area contributed by atoms with Gasteiger partial charge < -0.3 is 83.2 Å². The molecule has 2 fully saturated rings. The molecule has 48 heavy (non-hydrogen) atoms. The van der Waals surface area contributed by atoms with E-state index in [9.17, 15) is 45.6 Å². The third-order valence-electron chi connectivity index (χ3n) is 7.98. The predicted octanol–water partition coefficient (Wildman–Crippen LogP) is -1.84. The maximum atomic E-state index is 13.6. The first-order chi connectivity index (χ1) is 22.9. The van der Waals surface area contributed by atoms with Crippen molar-refractivity contribution in [3.05, 3.63) is 34.5 Å². The highest BCUT2D eigenvalue weighted by atomic mass is 16.8. The van der Waals surface area contributed by atoms with Crippen LogP contribution in [-0.4, -0.2) is 137 Å². The molecule has 18 nitrogen and oxygen atoms in total. The van der Waals surface area contributed by atoms with Crippen LogP contribution < -0.4 is 29.1 Å². The van der Waals surface area contributed by atoms with E-state index in [1.807, 2.05) is 0 Å². The van der Waals surface area contributed by atoms with Crippen LogP contribution in [0.1, 0.15) is 0 Å². The molecule has 5 rings (SSSR count). The second kappa shape index (κ2) is 14.3. The van der Waals surface area contributed by atoms with Crippen LogP contribution in [0, 0.1) is 0 Å². The highest BCUT2D eigenvalue weighted by Gasteiger charge is 2.51. The van der Waals surface area contributed by atoms with E-state index < -0.39 is 79.4 Å². The zero-order chi connectivity index (χ0) is 35.0. The van der Waals surface area contributed by atoms with Crippen molar-refractivity contribution in [1.82, 2.24) is 0 Å². The van der Waals surface area contributed by atoms with E-state index in [0.717, 1.165) is 0 Å². The number of aliphatic hydroxyl groups is 7. The predicted molar refractivity (Wildman–Crippen MR) is 158 cm³/mol. The van der Waals surface area contributed by atoms with Crippen LogP contribution in [0.5, 0.6) is 34.5 Å². The maximum absolute atomic E-state index is 13.6. The zero-order valence-electron chi connectivity index (χ0n) is 26.0. The summed E-state index contributed by atoms with van der Waals surface area (Å²) >= 11 is 0. The standard InChI is InChI=1S/C30H36O18/c1-40-22-13-15(33)25(41-2)21(46-23(13)27(43-4)18(36)26(22)42-3)10-5-7-11(8-6-10)44-30-20(38)24(19(37)28(39)48-30)47-29-17(35)16(34)14(32)12(9-31)45-29/h5-8,12,14,16-17,19-20,24,28-32,34-39H,9H2,1-4H3. The maximum Gasteiger partial charge on any atom is 0.239 e. The van der Waals surface area contributed by atoms with Crippen LogP contribution in [0.2, 0.25) is 0 Å². The second-order valence-electron chi connectivity index (χ2n) is 10.8. The van der Waals surface area contributed by atoms with Crippen LogP contribution in [-0.2, 0) is 14.2 Å². The van der Waals surface area contributed by atoms with Crippen LogP contribution in [0.25, 0.3) is 22.3 Å². The van der Waals surface area contributed by atoms with Crippen molar-refractivity contribution in [1.29, 1.82) is 0 Å². The molecular formula is C30H36O18. The van der Waals surface area contributed by atoms with E-state index in [4.69, 9.17) is 42.3 Å². The number of aromatic hydroxyl groups is 1. The van der Waals surface area contributed by atoms with Gasteiger partial charge in [0.2, 0.25) is 34.7 Å². The lowest BCUT2D eigenvalue weighted by Gasteiger charge is -2.45. The number of hydrogen-bond acceptors (Lipinski definition) is 18. The molecule has 8 N–H and O–H groups in total. The fraction of sp³-hybridized carbons (Fsp3) is 0.500. The van der Waals surface area contributed by atoms with Gasteiger partial charge in [0, 0.05) is 5.56 Å². The average Bonchev–Trinajstić information content (AvgIpc) is 3.08. The summed E-state index contributed by atoms with van der Waals surface area (Å²) in [6.07, 6.45) is -17.4. The van der Waals surface area contributed by atoms with Gasteiger partial charge in [0.15, 0.2) is 29.7 Å². The van der Waals surface area contributed by atoms with E-state index in [0.29, 0.717) is 5.56 Å². The highest BCUT2D eigenvalue weighted by molar-refractivity contribution is 5.96. The Balaban J connectivity index is 1.42. The van der Waals surface area contributed by atoms with Crippen molar-refractivity contribution < 1.29 is 83.2 Å². The average molecular weight is 685 g/mol. The number of methoxy groups -OCH3 is 4. The van der Waals surface area contributed by atoms with Crippen LogP contribution in [0.3, 0.4) is 0 Å². The Morgan fingerprint density at radius 1 is 0.708 bits per heavy atom. The SMILES string of the molecule is COc1c(O)c(OC)c2oc(-c3ccc(OC4OC(O)C(O)C(OC5OC(CO)C(O)C(O)C5O)C4O)cc3)c(OC)c(=O)c2c1OC. The fourth-order valence-electron chi connectivity index (χ4n) is 5.50. The van der Waals surface area contributed by atoms with E-state index >= 15 is 0 Å². The summed E-state index contributed by atoms with van der Waals surface area (Å²) in [6, 6.07) is 5.70. The number of benzene rings is 2. The quantitative estimate of drug-likeness (QED) is 0.117. The third kappa shape index (κ3) is 6.07. The molecule has 2 aliphatic rings. The van der Waals surface area contributed by atoms with Crippen molar-refractivity contribution in [3.8, 4) is 45.8 Å². The van der Waals surface area contributed by atoms with Gasteiger partial charge >= 0.3 is 0 Å². The van der Waals surface area contributed by atoms with Gasteiger partial charge in [-0.1, -0.05) is 0 Å². The fourth-order valence-corrected chi connectivity index (χ4v) is 5.50. The van der Waals surface area contributed by atoms with E-state index in [1.165, 1.54) is 52.7 Å². The molecule has 0 radical (unpaired) electrons. The van der Waals surface area contributed by atoms with Gasteiger partial charge in [0.1, 0.15) is 53.9 Å². The molecule has 3 aromatic rings. The summed E-state index contributed by atoms with van der Waals surface area (Å²) in [5.41, 5.74) is -0.538. The molecule has 0 saturated carbocycles. The van der Waals surface area contributed by atoms with Gasteiger partial charge in [-0.3, -0.25) is 4.79 Å². The molecule has 18 heteroatoms. The largest absolute Gasteiger partial charge is 0.501 e. The summed E-state index contributed by atoms with van der Waals surface area (Å²) in [5, 5.41) is 82.2. The number of phenolic OH excluding ortho intramolecular Hbond substituents is 1. The summed E-state index contributed by atoms with van der Waals surface area (Å²) in [7, 11) is 5.06. The number of ether oxygens (including phenoxy) is 8. The van der Waals surface area contributed by atoms with Gasteiger partial charge in [-0.05, 0) is 24.3 Å². The molecule has 2 saturated heterocycles. The van der Waals surface area contributed by atoms with Gasteiger partial charge in [-0.15, -0.1) is 0 Å². The van der Waals surface area contributed by atoms with Crippen molar-refractivity contribution in [2.45, 2.75) is 61.6 Å². The van der Waals surface area contributed by atoms with Gasteiger partial charge in [0.25, 0.3) is 0 Å². The molecule has 0 bridgehead atoms. The Bertz CT molecular complexity index is 1640. The normalized spacial score (nSPS) is 30.6. The first-order valence-electron chi connectivity index (χ1n) is 14.4. The molecule has 3 heterocycles. The number of phenols is 1. The van der Waals surface area contributed by atoms with Crippen LogP contribution in [0.4, 0.5) is 0 Å². The second-order valence-corrected chi connectivity index (χ2v) is 10.8. The number of hydrogen-bond donors (Lipinski definition) is 8. The minimum absolute atomic E-state index is 0.0571. The lowest BCUT2D eigenvalue weighted by atomic mass is 9.98. The molecule has 2 aromatic carbocycles. The van der Waals surface area contributed by atoms with Crippen molar-refractivity contribution >= 4 is 11.0 Å². The van der Waals surface area contributed by atoms with Crippen molar-refractivity contribution in [2.24, 2.45) is 0 Å². The Morgan fingerprint density at radius 3 is 1.92 bits per heavy atom. The number of fused-ring (bicyclic) bond motifs is 1. The van der Waals surface area contributed by atoms with Crippen molar-refractivity contribution in [3.63, 3.8) is 0 Å². The molecular weight excluding hydrogens is 648 g/mol. The summed E-state index contributed by atoms with van der Waals surface area (Å²) < 4.78 is 49.0. The van der Waals surface area contributed by atoms with Gasteiger partial charge in [0.05, 0.1) is 35.0 Å². The molecule has 10 atom stereocenters. The molecule has 1 aromatic heterocycles. The molecule has 0 amide bonds. The first kappa shape index (κ1) is 35.4. The van der Waals surface area contributed by atoms with Crippen LogP contribution in [0.15, 0.2) is 33.5 Å². The van der Waals surface area contributed by atoms with E-state index in [1.54, 1.807) is 0 Å².